The van der Waals surface area contributed by atoms with E-state index in [1.807, 2.05) is 0 Å². The Hall–Kier alpha value is -1.57. The molecule has 0 amide bonds. The van der Waals surface area contributed by atoms with Gasteiger partial charge in [0.05, 0.1) is 0 Å². The van der Waals surface area contributed by atoms with E-state index in [0.29, 0.717) is 6.54 Å². The Morgan fingerprint density at radius 2 is 1.95 bits per heavy atom. The summed E-state index contributed by atoms with van der Waals surface area (Å²) in [4.78, 5) is 7.21. The third kappa shape index (κ3) is 3.50. The van der Waals surface area contributed by atoms with Crippen molar-refractivity contribution in [3.05, 3.63) is 11.8 Å². The lowest BCUT2D eigenvalue weighted by Crippen LogP contribution is -2.24. The van der Waals surface area contributed by atoms with Crippen LogP contribution in [0, 0.1) is 5.41 Å². The molecule has 0 aliphatic heterocycles. The Kier molecular flexibility index (Phi) is 4.03. The van der Waals surface area contributed by atoms with Gasteiger partial charge in [0.25, 0.3) is 0 Å². The van der Waals surface area contributed by atoms with Crippen molar-refractivity contribution >= 4 is 11.8 Å². The molecule has 0 aromatic carbocycles. The average molecular weight is 289 g/mol. The molecule has 1 aromatic heterocycles. The second-order valence-corrected chi connectivity index (χ2v) is 5.48. The summed E-state index contributed by atoms with van der Waals surface area (Å²) in [5.41, 5.74) is 1.15. The predicted molar refractivity (Wildman–Crippen MR) is 69.9 cm³/mol. The van der Waals surface area contributed by atoms with E-state index in [0.717, 1.165) is 31.7 Å². The molecule has 8 heteroatoms. The lowest BCUT2D eigenvalue weighted by atomic mass is 9.89. The normalized spacial score (nSPS) is 18.1. The van der Waals surface area contributed by atoms with Crippen LogP contribution in [0.15, 0.2) is 6.07 Å². The Balaban J connectivity index is 2.14. The van der Waals surface area contributed by atoms with E-state index in [4.69, 9.17) is 5.84 Å². The Labute approximate surface area is 115 Å². The summed E-state index contributed by atoms with van der Waals surface area (Å²) in [5.74, 6) is 4.99. The monoisotopic (exact) mass is 289 g/mol. The largest absolute Gasteiger partial charge is 0.433 e. The molecule has 0 atom stereocenters. The average Bonchev–Trinajstić information content (AvgIpc) is 2.82. The topological polar surface area (TPSA) is 75.9 Å². The Morgan fingerprint density at radius 1 is 1.30 bits per heavy atom. The number of halogens is 3. The molecule has 0 bridgehead atoms. The van der Waals surface area contributed by atoms with Crippen molar-refractivity contribution in [2.75, 3.05) is 17.3 Å². The maximum Gasteiger partial charge on any atom is 0.433 e. The molecule has 1 saturated carbocycles. The van der Waals surface area contributed by atoms with Crippen molar-refractivity contribution in [3.8, 4) is 0 Å². The number of nitrogens with one attached hydrogen (secondary N) is 2. The zero-order chi connectivity index (χ0) is 14.8. The van der Waals surface area contributed by atoms with Crippen LogP contribution in [0.2, 0.25) is 0 Å². The molecule has 4 N–H and O–H groups in total. The van der Waals surface area contributed by atoms with E-state index in [2.05, 4.69) is 27.6 Å². The zero-order valence-electron chi connectivity index (χ0n) is 11.2. The number of aromatic nitrogens is 2. The lowest BCUT2D eigenvalue weighted by molar-refractivity contribution is -0.141. The molecule has 5 nitrogen and oxygen atoms in total. The Morgan fingerprint density at radius 3 is 2.50 bits per heavy atom. The maximum atomic E-state index is 12.7. The first kappa shape index (κ1) is 14.8. The summed E-state index contributed by atoms with van der Waals surface area (Å²) in [6.45, 7) is 2.71. The molecule has 1 heterocycles. The third-order valence-corrected chi connectivity index (χ3v) is 3.65. The van der Waals surface area contributed by atoms with Gasteiger partial charge in [0.2, 0.25) is 5.95 Å². The minimum absolute atomic E-state index is 0.111. The molecule has 0 saturated heterocycles. The molecule has 1 aliphatic rings. The number of anilines is 2. The van der Waals surface area contributed by atoms with Crippen LogP contribution in [0.1, 0.15) is 38.3 Å². The first-order chi connectivity index (χ1) is 9.32. The third-order valence-electron chi connectivity index (χ3n) is 3.65. The van der Waals surface area contributed by atoms with Crippen LogP contribution in [0.3, 0.4) is 0 Å². The van der Waals surface area contributed by atoms with E-state index in [-0.39, 0.29) is 17.2 Å². The number of hydrogen-bond donors (Lipinski definition) is 3. The van der Waals surface area contributed by atoms with E-state index < -0.39 is 11.9 Å². The summed E-state index contributed by atoms with van der Waals surface area (Å²) < 4.78 is 38.1. The molecular weight excluding hydrogens is 271 g/mol. The molecule has 0 spiro atoms. The molecule has 1 aromatic rings. The minimum atomic E-state index is -4.53. The van der Waals surface area contributed by atoms with Crippen molar-refractivity contribution in [1.82, 2.24) is 9.97 Å². The van der Waals surface area contributed by atoms with Gasteiger partial charge < -0.3 is 5.32 Å². The van der Waals surface area contributed by atoms with Gasteiger partial charge >= 0.3 is 6.18 Å². The standard InChI is InChI=1S/C12H18F3N5/c1-11(4-2-3-5-11)7-17-9-6-8(12(13,14)15)18-10(19-9)20-16/h6H,2-5,7,16H2,1H3,(H2,17,18,19,20). The first-order valence-corrected chi connectivity index (χ1v) is 6.49. The van der Waals surface area contributed by atoms with Gasteiger partial charge in [-0.2, -0.15) is 18.2 Å². The summed E-state index contributed by atoms with van der Waals surface area (Å²) >= 11 is 0. The molecule has 1 aliphatic carbocycles. The molecule has 112 valence electrons. The lowest BCUT2D eigenvalue weighted by Gasteiger charge is -2.24. The van der Waals surface area contributed by atoms with Gasteiger partial charge in [0, 0.05) is 12.6 Å². The van der Waals surface area contributed by atoms with Crippen molar-refractivity contribution in [2.24, 2.45) is 11.3 Å². The molecule has 1 fully saturated rings. The highest BCUT2D eigenvalue weighted by atomic mass is 19.4. The van der Waals surface area contributed by atoms with Crippen molar-refractivity contribution in [1.29, 1.82) is 0 Å². The van der Waals surface area contributed by atoms with Gasteiger partial charge in [-0.15, -0.1) is 0 Å². The number of nitrogens with zero attached hydrogens (tertiary/aromatic N) is 2. The van der Waals surface area contributed by atoms with Crippen molar-refractivity contribution in [2.45, 2.75) is 38.8 Å². The summed E-state index contributed by atoms with van der Waals surface area (Å²) in [6.07, 6.45) is -0.0721. The van der Waals surface area contributed by atoms with E-state index >= 15 is 0 Å². The predicted octanol–water partition coefficient (Wildman–Crippen LogP) is 2.77. The highest BCUT2D eigenvalue weighted by Gasteiger charge is 2.34. The second-order valence-electron chi connectivity index (χ2n) is 5.48. The van der Waals surface area contributed by atoms with E-state index in [1.54, 1.807) is 0 Å². The van der Waals surface area contributed by atoms with Crippen LogP contribution in [-0.4, -0.2) is 16.5 Å². The molecule has 0 radical (unpaired) electrons. The summed E-state index contributed by atoms with van der Waals surface area (Å²) in [7, 11) is 0. The van der Waals surface area contributed by atoms with Crippen molar-refractivity contribution < 1.29 is 13.2 Å². The van der Waals surface area contributed by atoms with Crippen LogP contribution in [0.5, 0.6) is 0 Å². The first-order valence-electron chi connectivity index (χ1n) is 6.49. The SMILES string of the molecule is CC1(CNc2cc(C(F)(F)F)nc(NN)n2)CCCC1. The van der Waals surface area contributed by atoms with Gasteiger partial charge in [-0.1, -0.05) is 19.8 Å². The fourth-order valence-corrected chi connectivity index (χ4v) is 2.46. The summed E-state index contributed by atoms with van der Waals surface area (Å²) in [6, 6.07) is 0.902. The smallest absolute Gasteiger partial charge is 0.369 e. The van der Waals surface area contributed by atoms with E-state index in [9.17, 15) is 13.2 Å². The number of nitrogens with two attached hydrogens (primary N) is 1. The van der Waals surface area contributed by atoms with Crippen LogP contribution >= 0.6 is 0 Å². The maximum absolute atomic E-state index is 12.7. The van der Waals surface area contributed by atoms with E-state index in [1.165, 1.54) is 0 Å². The van der Waals surface area contributed by atoms with Gasteiger partial charge in [-0.3, -0.25) is 5.43 Å². The quantitative estimate of drug-likeness (QED) is 0.587. The Bertz CT molecular complexity index is 469. The van der Waals surface area contributed by atoms with Crippen LogP contribution < -0.4 is 16.6 Å². The molecule has 20 heavy (non-hydrogen) atoms. The van der Waals surface area contributed by atoms with Crippen LogP contribution in [0.4, 0.5) is 24.9 Å². The zero-order valence-corrected chi connectivity index (χ0v) is 11.2. The highest BCUT2D eigenvalue weighted by Crippen LogP contribution is 2.37. The van der Waals surface area contributed by atoms with Gasteiger partial charge in [-0.25, -0.2) is 10.8 Å². The molecule has 0 unspecified atom stereocenters. The number of rotatable bonds is 4. The number of hydrogen-bond acceptors (Lipinski definition) is 5. The van der Waals surface area contributed by atoms with Gasteiger partial charge in [0.1, 0.15) is 5.82 Å². The van der Waals surface area contributed by atoms with Crippen LogP contribution in [0.25, 0.3) is 0 Å². The van der Waals surface area contributed by atoms with Gasteiger partial charge in [0.15, 0.2) is 5.69 Å². The highest BCUT2D eigenvalue weighted by molar-refractivity contribution is 5.42. The van der Waals surface area contributed by atoms with Crippen molar-refractivity contribution in [3.63, 3.8) is 0 Å². The fourth-order valence-electron chi connectivity index (χ4n) is 2.46. The number of alkyl halides is 3. The van der Waals surface area contributed by atoms with Gasteiger partial charge in [-0.05, 0) is 18.3 Å². The molecular formula is C12H18F3N5. The van der Waals surface area contributed by atoms with Crippen LogP contribution in [-0.2, 0) is 6.18 Å². The minimum Gasteiger partial charge on any atom is -0.369 e. The number of hydrazine groups is 1. The summed E-state index contributed by atoms with van der Waals surface area (Å²) in [5, 5.41) is 2.97. The molecule has 2 rings (SSSR count). The number of nitrogen functional groups attached to an aromatic ring is 1. The fraction of sp³-hybridized carbons (Fsp3) is 0.667. The second kappa shape index (κ2) is 5.43.